The third kappa shape index (κ3) is 3.43. The number of nitrogens with one attached hydrogen (secondary N) is 1. The summed E-state index contributed by atoms with van der Waals surface area (Å²) in [6.45, 7) is 4.05. The number of anilines is 1. The molecule has 2 heterocycles. The van der Waals surface area contributed by atoms with E-state index in [1.807, 2.05) is 0 Å². The second kappa shape index (κ2) is 7.27. The Morgan fingerprint density at radius 2 is 1.96 bits per heavy atom. The van der Waals surface area contributed by atoms with Gasteiger partial charge in [-0.3, -0.25) is 14.5 Å². The van der Waals surface area contributed by atoms with Crippen molar-refractivity contribution < 1.29 is 19.1 Å². The summed E-state index contributed by atoms with van der Waals surface area (Å²) in [7, 11) is 0. The van der Waals surface area contributed by atoms with E-state index >= 15 is 0 Å². The number of hydrogen-bond donors (Lipinski definition) is 1. The van der Waals surface area contributed by atoms with Crippen LogP contribution in [0.3, 0.4) is 0 Å². The minimum Gasteiger partial charge on any atom is -0.459 e. The predicted molar refractivity (Wildman–Crippen MR) is 92.9 cm³/mol. The highest BCUT2D eigenvalue weighted by molar-refractivity contribution is 7.13. The molecule has 7 nitrogen and oxygen atoms in total. The second-order valence-corrected chi connectivity index (χ2v) is 6.01. The maximum absolute atomic E-state index is 12.2. The molecule has 1 aliphatic heterocycles. The van der Waals surface area contributed by atoms with E-state index in [-0.39, 0.29) is 30.7 Å². The van der Waals surface area contributed by atoms with Gasteiger partial charge in [-0.05, 0) is 12.1 Å². The number of amides is 2. The Morgan fingerprint density at radius 3 is 2.60 bits per heavy atom. The molecule has 1 aromatic carbocycles. The summed E-state index contributed by atoms with van der Waals surface area (Å²) in [6.07, 6.45) is 1.68. The van der Waals surface area contributed by atoms with Crippen molar-refractivity contribution in [1.29, 1.82) is 0 Å². The summed E-state index contributed by atoms with van der Waals surface area (Å²) < 4.78 is 5.11. The number of carbonyl (C=O) groups excluding carboxylic acids is 3. The quantitative estimate of drug-likeness (QED) is 0.464. The molecule has 0 bridgehead atoms. The monoisotopic (exact) mass is 357 g/mol. The predicted octanol–water partition coefficient (Wildman–Crippen LogP) is 2.19. The van der Waals surface area contributed by atoms with E-state index in [1.165, 1.54) is 11.3 Å². The Bertz CT molecular complexity index is 811. The minimum absolute atomic E-state index is 0.00376. The molecular formula is C17H15N3O4S. The molecule has 3 rings (SSSR count). The molecule has 0 saturated carbocycles. The molecule has 2 aromatic rings. The first-order valence-electron chi connectivity index (χ1n) is 7.54. The van der Waals surface area contributed by atoms with Gasteiger partial charge in [0.05, 0.1) is 17.7 Å². The van der Waals surface area contributed by atoms with Gasteiger partial charge in [-0.2, -0.15) is 0 Å². The molecular weight excluding hydrogens is 342 g/mol. The van der Waals surface area contributed by atoms with Crippen molar-refractivity contribution >= 4 is 34.3 Å². The largest absolute Gasteiger partial charge is 0.459 e. The van der Waals surface area contributed by atoms with E-state index in [9.17, 15) is 14.4 Å². The van der Waals surface area contributed by atoms with Gasteiger partial charge in [0.15, 0.2) is 10.8 Å². The number of imide groups is 1. The number of nitrogens with zero attached hydrogens (tertiary/aromatic N) is 2. The Balaban J connectivity index is 1.54. The molecule has 8 heteroatoms. The fourth-order valence-corrected chi connectivity index (χ4v) is 3.04. The number of thiazole rings is 1. The Kier molecular flexibility index (Phi) is 4.90. The van der Waals surface area contributed by atoms with Crippen LogP contribution in [0.4, 0.5) is 5.13 Å². The Labute approximate surface area is 147 Å². The molecule has 0 atom stereocenters. The first-order valence-corrected chi connectivity index (χ1v) is 8.42. The lowest BCUT2D eigenvalue weighted by Gasteiger charge is -2.13. The van der Waals surface area contributed by atoms with Gasteiger partial charge in [0.25, 0.3) is 11.8 Å². The van der Waals surface area contributed by atoms with Gasteiger partial charge in [0, 0.05) is 11.9 Å². The zero-order chi connectivity index (χ0) is 17.8. The van der Waals surface area contributed by atoms with Gasteiger partial charge in [0.1, 0.15) is 6.61 Å². The molecule has 0 radical (unpaired) electrons. The van der Waals surface area contributed by atoms with Crippen LogP contribution in [0.1, 0.15) is 31.2 Å². The van der Waals surface area contributed by atoms with E-state index in [0.717, 1.165) is 4.90 Å². The number of aromatic nitrogens is 1. The van der Waals surface area contributed by atoms with Crippen LogP contribution in [0, 0.1) is 0 Å². The fraction of sp³-hybridized carbons (Fsp3) is 0.176. The molecule has 25 heavy (non-hydrogen) atoms. The van der Waals surface area contributed by atoms with E-state index in [2.05, 4.69) is 16.9 Å². The third-order valence-corrected chi connectivity index (χ3v) is 4.34. The molecule has 1 aromatic heterocycles. The number of fused-ring (bicyclic) bond motifs is 1. The summed E-state index contributed by atoms with van der Waals surface area (Å²) in [5.41, 5.74) is 0.923. The zero-order valence-electron chi connectivity index (χ0n) is 13.2. The SMILES string of the molecule is C=CCNc1nc(C(=O)OCCN2C(=O)c3ccccc3C2=O)cs1. The molecule has 0 saturated heterocycles. The number of hydrogen-bond acceptors (Lipinski definition) is 7. The average molecular weight is 357 g/mol. The summed E-state index contributed by atoms with van der Waals surface area (Å²) in [5, 5.41) is 5.15. The van der Waals surface area contributed by atoms with Gasteiger partial charge in [-0.1, -0.05) is 18.2 Å². The number of esters is 1. The van der Waals surface area contributed by atoms with Crippen molar-refractivity contribution in [3.63, 3.8) is 0 Å². The summed E-state index contributed by atoms with van der Waals surface area (Å²) >= 11 is 1.28. The van der Waals surface area contributed by atoms with Gasteiger partial charge in [0.2, 0.25) is 0 Å². The molecule has 0 unspecified atom stereocenters. The molecule has 0 spiro atoms. The molecule has 0 fully saturated rings. The Hall–Kier alpha value is -3.00. The molecule has 1 aliphatic rings. The first kappa shape index (κ1) is 16.8. The first-order chi connectivity index (χ1) is 12.1. The van der Waals surface area contributed by atoms with Crippen LogP contribution in [0.15, 0.2) is 42.3 Å². The smallest absolute Gasteiger partial charge is 0.357 e. The van der Waals surface area contributed by atoms with Crippen LogP contribution in [0.2, 0.25) is 0 Å². The minimum atomic E-state index is -0.598. The lowest BCUT2D eigenvalue weighted by atomic mass is 10.1. The van der Waals surface area contributed by atoms with Gasteiger partial charge < -0.3 is 10.1 Å². The lowest BCUT2D eigenvalue weighted by molar-refractivity contribution is 0.0416. The zero-order valence-corrected chi connectivity index (χ0v) is 14.0. The number of carbonyl (C=O) groups is 3. The van der Waals surface area contributed by atoms with Crippen LogP contribution in [-0.2, 0) is 4.74 Å². The van der Waals surface area contributed by atoms with Crippen molar-refractivity contribution in [3.05, 3.63) is 59.1 Å². The number of rotatable bonds is 7. The maximum atomic E-state index is 12.2. The van der Waals surface area contributed by atoms with Crippen molar-refractivity contribution in [1.82, 2.24) is 9.88 Å². The van der Waals surface area contributed by atoms with Crippen molar-refractivity contribution in [2.45, 2.75) is 0 Å². The molecule has 1 N–H and O–H groups in total. The van der Waals surface area contributed by atoms with E-state index in [0.29, 0.717) is 22.8 Å². The third-order valence-electron chi connectivity index (χ3n) is 3.54. The van der Waals surface area contributed by atoms with Crippen LogP contribution in [-0.4, -0.2) is 47.4 Å². The van der Waals surface area contributed by atoms with Crippen molar-refractivity contribution in [3.8, 4) is 0 Å². The fourth-order valence-electron chi connectivity index (χ4n) is 2.35. The van der Waals surface area contributed by atoms with Gasteiger partial charge in [-0.25, -0.2) is 9.78 Å². The van der Waals surface area contributed by atoms with Crippen LogP contribution < -0.4 is 5.32 Å². The van der Waals surface area contributed by atoms with Crippen LogP contribution in [0.5, 0.6) is 0 Å². The normalized spacial score (nSPS) is 12.9. The number of benzene rings is 1. The van der Waals surface area contributed by atoms with Crippen molar-refractivity contribution in [2.75, 3.05) is 25.0 Å². The summed E-state index contributed by atoms with van der Waals surface area (Å²) in [4.78, 5) is 41.5. The molecule has 2 amide bonds. The molecule has 128 valence electrons. The topological polar surface area (TPSA) is 88.6 Å². The van der Waals surface area contributed by atoms with Crippen LogP contribution in [0.25, 0.3) is 0 Å². The maximum Gasteiger partial charge on any atom is 0.357 e. The second-order valence-electron chi connectivity index (χ2n) is 5.15. The highest BCUT2D eigenvalue weighted by atomic mass is 32.1. The summed E-state index contributed by atoms with van der Waals surface area (Å²) in [6, 6.07) is 6.62. The van der Waals surface area contributed by atoms with Gasteiger partial charge >= 0.3 is 5.97 Å². The van der Waals surface area contributed by atoms with E-state index < -0.39 is 5.97 Å². The number of ether oxygens (including phenoxy) is 1. The summed E-state index contributed by atoms with van der Waals surface area (Å²) in [5.74, 6) is -1.35. The van der Waals surface area contributed by atoms with Gasteiger partial charge in [-0.15, -0.1) is 17.9 Å². The van der Waals surface area contributed by atoms with E-state index in [4.69, 9.17) is 4.74 Å². The van der Waals surface area contributed by atoms with Crippen LogP contribution >= 0.6 is 11.3 Å². The standard InChI is InChI=1S/C17H15N3O4S/c1-2-7-18-17-19-13(10-25-17)16(23)24-9-8-20-14(21)11-5-3-4-6-12(11)15(20)22/h2-6,10H,1,7-9H2,(H,18,19). The lowest BCUT2D eigenvalue weighted by Crippen LogP contribution is -2.33. The highest BCUT2D eigenvalue weighted by Crippen LogP contribution is 2.22. The molecule has 0 aliphatic carbocycles. The van der Waals surface area contributed by atoms with E-state index in [1.54, 1.807) is 35.7 Å². The van der Waals surface area contributed by atoms with Crippen molar-refractivity contribution in [2.24, 2.45) is 0 Å². The highest BCUT2D eigenvalue weighted by Gasteiger charge is 2.34. The Morgan fingerprint density at radius 1 is 1.28 bits per heavy atom. The average Bonchev–Trinajstić information content (AvgIpc) is 3.19.